The van der Waals surface area contributed by atoms with Crippen molar-refractivity contribution >= 4 is 5.91 Å². The lowest BCUT2D eigenvalue weighted by Gasteiger charge is -2.21. The summed E-state index contributed by atoms with van der Waals surface area (Å²) in [7, 11) is 0. The number of amides is 1. The zero-order valence-electron chi connectivity index (χ0n) is 21.3. The van der Waals surface area contributed by atoms with Gasteiger partial charge in [-0.1, -0.05) is 123 Å². The molecule has 0 aromatic rings. The van der Waals surface area contributed by atoms with Crippen LogP contribution in [0, 0.1) is 0 Å². The number of carbonyl (C=O) groups is 1. The second-order valence-corrected chi connectivity index (χ2v) is 9.99. The van der Waals surface area contributed by atoms with E-state index in [0.29, 0.717) is 13.0 Å². The van der Waals surface area contributed by atoms with E-state index < -0.39 is 0 Å². The summed E-state index contributed by atoms with van der Waals surface area (Å²) in [6.07, 6.45) is 28.6. The van der Waals surface area contributed by atoms with Crippen molar-refractivity contribution in [2.45, 2.75) is 148 Å². The molecule has 1 rings (SSSR count). The minimum atomic E-state index is -0.111. The quantitative estimate of drug-likeness (QED) is 0.126. The van der Waals surface area contributed by atoms with E-state index in [1.54, 1.807) is 0 Å². The van der Waals surface area contributed by atoms with Crippen molar-refractivity contribution in [2.75, 3.05) is 13.2 Å². The van der Waals surface area contributed by atoms with E-state index in [1.807, 2.05) is 11.1 Å². The van der Waals surface area contributed by atoms with Crippen LogP contribution < -0.4 is 0 Å². The molecule has 1 unspecified atom stereocenters. The van der Waals surface area contributed by atoms with Gasteiger partial charge in [0.15, 0.2) is 0 Å². The Balaban J connectivity index is 1.97. The number of carbonyl (C=O) groups excluding carboxylic acids is 1. The third-order valence-electron chi connectivity index (χ3n) is 6.47. The summed E-state index contributed by atoms with van der Waals surface area (Å²) in [4.78, 5) is 14.6. The molecule has 3 nitrogen and oxygen atoms in total. The lowest BCUT2D eigenvalue weighted by atomic mass is 10.0. The van der Waals surface area contributed by atoms with Gasteiger partial charge < -0.3 is 9.64 Å². The van der Waals surface area contributed by atoms with Gasteiger partial charge in [-0.15, -0.1) is 0 Å². The average Bonchev–Trinajstić information content (AvgIpc) is 3.49. The number of ether oxygens (including phenoxy) is 1. The monoisotopic (exact) mass is 435 g/mol. The van der Waals surface area contributed by atoms with Crippen LogP contribution in [0.1, 0.15) is 143 Å². The molecule has 1 aliphatic rings. The highest BCUT2D eigenvalue weighted by Gasteiger charge is 2.41. The molecule has 1 atom stereocenters. The first kappa shape index (κ1) is 28.2. The van der Waals surface area contributed by atoms with Crippen molar-refractivity contribution in [2.24, 2.45) is 0 Å². The Morgan fingerprint density at radius 2 is 1.23 bits per heavy atom. The summed E-state index contributed by atoms with van der Waals surface area (Å²) in [6.45, 7) is 8.06. The van der Waals surface area contributed by atoms with Gasteiger partial charge in [0.2, 0.25) is 5.91 Å². The van der Waals surface area contributed by atoms with Crippen molar-refractivity contribution in [3.05, 3.63) is 12.3 Å². The molecule has 0 aliphatic carbocycles. The summed E-state index contributed by atoms with van der Waals surface area (Å²) in [6, 6.07) is 0. The van der Waals surface area contributed by atoms with Gasteiger partial charge in [-0.2, -0.15) is 0 Å². The Morgan fingerprint density at radius 1 is 0.774 bits per heavy atom. The molecule has 0 bridgehead atoms. The first-order valence-electron chi connectivity index (χ1n) is 13.7. The van der Waals surface area contributed by atoms with E-state index in [1.165, 1.54) is 103 Å². The molecule has 1 fully saturated rings. The molecule has 0 N–H and O–H groups in total. The van der Waals surface area contributed by atoms with Gasteiger partial charge in [-0.05, 0) is 19.8 Å². The van der Waals surface area contributed by atoms with Crippen molar-refractivity contribution in [1.29, 1.82) is 0 Å². The summed E-state index contributed by atoms with van der Waals surface area (Å²) in [5.74, 6) is 0.263. The molecule has 1 aliphatic heterocycles. The lowest BCUT2D eigenvalue weighted by Crippen LogP contribution is -2.34. The zero-order valence-corrected chi connectivity index (χ0v) is 21.3. The number of unbranched alkanes of at least 4 members (excludes halogenated alkanes) is 16. The molecule has 182 valence electrons. The smallest absolute Gasteiger partial charge is 0.226 e. The van der Waals surface area contributed by atoms with Crippen LogP contribution in [0.25, 0.3) is 0 Å². The van der Waals surface area contributed by atoms with Crippen LogP contribution in [0.15, 0.2) is 12.3 Å². The van der Waals surface area contributed by atoms with Crippen molar-refractivity contribution < 1.29 is 9.53 Å². The third-order valence-corrected chi connectivity index (χ3v) is 6.47. The van der Waals surface area contributed by atoms with Crippen LogP contribution in [0.5, 0.6) is 0 Å². The van der Waals surface area contributed by atoms with Crippen molar-refractivity contribution in [3.8, 4) is 0 Å². The fraction of sp³-hybridized carbons (Fsp3) is 0.893. The standard InChI is InChI=1S/C28H53NO2/c1-4-6-8-10-11-12-13-14-15-16-17-18-19-20-21-23-27(30)29(24-22-9-7-5-2)25-28(3)26-31-28/h22,24H,4-21,23,25-26H2,1-3H3. The normalized spacial score (nSPS) is 18.0. The first-order valence-corrected chi connectivity index (χ1v) is 13.7. The van der Waals surface area contributed by atoms with Gasteiger partial charge in [0.25, 0.3) is 0 Å². The van der Waals surface area contributed by atoms with E-state index in [2.05, 4.69) is 26.8 Å². The maximum atomic E-state index is 12.7. The number of hydrogen-bond donors (Lipinski definition) is 0. The average molecular weight is 436 g/mol. The number of allylic oxidation sites excluding steroid dienone is 1. The summed E-state index contributed by atoms with van der Waals surface area (Å²) in [5.41, 5.74) is -0.111. The van der Waals surface area contributed by atoms with Crippen LogP contribution in [-0.4, -0.2) is 29.6 Å². The van der Waals surface area contributed by atoms with Crippen LogP contribution in [-0.2, 0) is 9.53 Å². The largest absolute Gasteiger partial charge is 0.368 e. The fourth-order valence-electron chi connectivity index (χ4n) is 4.11. The van der Waals surface area contributed by atoms with E-state index >= 15 is 0 Å². The molecule has 0 radical (unpaired) electrons. The summed E-state index contributed by atoms with van der Waals surface area (Å²) < 4.78 is 5.51. The Bertz CT molecular complexity index is 456. The topological polar surface area (TPSA) is 32.8 Å². The number of epoxide rings is 1. The Hall–Kier alpha value is -0.830. The highest BCUT2D eigenvalue weighted by Crippen LogP contribution is 2.27. The molecular formula is C28H53NO2. The minimum absolute atomic E-state index is 0.111. The van der Waals surface area contributed by atoms with Crippen LogP contribution in [0.4, 0.5) is 0 Å². The van der Waals surface area contributed by atoms with E-state index in [0.717, 1.165) is 19.4 Å². The first-order chi connectivity index (χ1) is 15.1. The SMILES string of the molecule is CCCCC=CN(CC1(C)CO1)C(=O)CCCCCCCCCCCCCCCCC. The lowest BCUT2D eigenvalue weighted by molar-refractivity contribution is -0.129. The summed E-state index contributed by atoms with van der Waals surface area (Å²) >= 11 is 0. The predicted molar refractivity (Wildman–Crippen MR) is 134 cm³/mol. The van der Waals surface area contributed by atoms with E-state index in [4.69, 9.17) is 4.74 Å². The number of rotatable bonds is 22. The van der Waals surface area contributed by atoms with Crippen molar-refractivity contribution in [1.82, 2.24) is 4.90 Å². The molecule has 0 spiro atoms. The molecule has 0 aromatic carbocycles. The van der Waals surface area contributed by atoms with Crippen molar-refractivity contribution in [3.63, 3.8) is 0 Å². The molecule has 31 heavy (non-hydrogen) atoms. The molecule has 3 heteroatoms. The number of nitrogens with zero attached hydrogens (tertiary/aromatic N) is 1. The third kappa shape index (κ3) is 16.5. The highest BCUT2D eigenvalue weighted by atomic mass is 16.6. The highest BCUT2D eigenvalue weighted by molar-refractivity contribution is 5.77. The van der Waals surface area contributed by atoms with Gasteiger partial charge in [-0.25, -0.2) is 0 Å². The maximum Gasteiger partial charge on any atom is 0.226 e. The van der Waals surface area contributed by atoms with Crippen LogP contribution >= 0.6 is 0 Å². The Morgan fingerprint density at radius 3 is 1.68 bits per heavy atom. The van der Waals surface area contributed by atoms with Gasteiger partial charge >= 0.3 is 0 Å². The molecule has 0 aromatic heterocycles. The molecule has 1 heterocycles. The molecular weight excluding hydrogens is 382 g/mol. The minimum Gasteiger partial charge on any atom is -0.368 e. The van der Waals surface area contributed by atoms with Gasteiger partial charge in [-0.3, -0.25) is 4.79 Å². The molecule has 0 saturated carbocycles. The van der Waals surface area contributed by atoms with E-state index in [9.17, 15) is 4.79 Å². The van der Waals surface area contributed by atoms with Gasteiger partial charge in [0.05, 0.1) is 13.2 Å². The van der Waals surface area contributed by atoms with Crippen LogP contribution in [0.2, 0.25) is 0 Å². The molecule has 1 amide bonds. The predicted octanol–water partition coefficient (Wildman–Crippen LogP) is 8.57. The second-order valence-electron chi connectivity index (χ2n) is 9.99. The molecule has 1 saturated heterocycles. The zero-order chi connectivity index (χ0) is 22.6. The maximum absolute atomic E-state index is 12.7. The number of hydrogen-bond acceptors (Lipinski definition) is 2. The summed E-state index contributed by atoms with van der Waals surface area (Å²) in [5, 5.41) is 0. The van der Waals surface area contributed by atoms with Crippen LogP contribution in [0.3, 0.4) is 0 Å². The Kier molecular flexibility index (Phi) is 17.0. The Labute approximate surface area is 194 Å². The fourth-order valence-corrected chi connectivity index (χ4v) is 4.11. The van der Waals surface area contributed by atoms with Gasteiger partial charge in [0.1, 0.15) is 5.60 Å². The second kappa shape index (κ2) is 18.7. The van der Waals surface area contributed by atoms with E-state index in [-0.39, 0.29) is 11.5 Å². The van der Waals surface area contributed by atoms with Gasteiger partial charge in [0, 0.05) is 12.6 Å².